The average Bonchev–Trinajstić information content (AvgIpc) is 3.24. The van der Waals surface area contributed by atoms with Crippen molar-refractivity contribution in [1.29, 1.82) is 0 Å². The number of fused-ring (bicyclic) bond motifs is 1. The summed E-state index contributed by atoms with van der Waals surface area (Å²) in [4.78, 5) is 18.9. The van der Waals surface area contributed by atoms with Crippen molar-refractivity contribution < 1.29 is 9.53 Å². The molecule has 0 bridgehead atoms. The van der Waals surface area contributed by atoms with E-state index in [1.54, 1.807) is 29.8 Å². The maximum absolute atomic E-state index is 12.8. The van der Waals surface area contributed by atoms with Crippen LogP contribution in [0.2, 0.25) is 0 Å². The number of hydrogen-bond donors (Lipinski definition) is 1. The number of nitrogens with one attached hydrogen (secondary N) is 1. The molecule has 4 rings (SSSR count). The van der Waals surface area contributed by atoms with Crippen LogP contribution >= 0.6 is 22.7 Å². The monoisotopic (exact) mass is 388 g/mol. The first-order chi connectivity index (χ1) is 12.7. The lowest BCUT2D eigenvalue weighted by Gasteiger charge is -2.21. The number of allylic oxidation sites excluding steroid dienone is 2. The maximum Gasteiger partial charge on any atom is 0.228 e. The number of thiophene rings is 1. The SMILES string of the molecule is COC1CCc2c(sc(NC(=O)C3CC=CCC3)c2-c2nc(C)cs2)C1. The van der Waals surface area contributed by atoms with Gasteiger partial charge in [-0.25, -0.2) is 4.98 Å². The van der Waals surface area contributed by atoms with Gasteiger partial charge in [-0.3, -0.25) is 4.79 Å². The van der Waals surface area contributed by atoms with Crippen molar-refractivity contribution in [1.82, 2.24) is 4.98 Å². The van der Waals surface area contributed by atoms with E-state index >= 15 is 0 Å². The quantitative estimate of drug-likeness (QED) is 0.752. The van der Waals surface area contributed by atoms with Gasteiger partial charge in [-0.1, -0.05) is 12.2 Å². The van der Waals surface area contributed by atoms with Crippen LogP contribution in [0, 0.1) is 12.8 Å². The molecule has 2 aliphatic carbocycles. The maximum atomic E-state index is 12.8. The lowest BCUT2D eigenvalue weighted by Crippen LogP contribution is -2.23. The van der Waals surface area contributed by atoms with E-state index in [0.717, 1.165) is 59.8 Å². The largest absolute Gasteiger partial charge is 0.381 e. The van der Waals surface area contributed by atoms with E-state index in [4.69, 9.17) is 9.72 Å². The number of nitrogens with zero attached hydrogens (tertiary/aromatic N) is 1. The number of methoxy groups -OCH3 is 1. The number of anilines is 1. The van der Waals surface area contributed by atoms with Crippen molar-refractivity contribution in [2.75, 3.05) is 12.4 Å². The van der Waals surface area contributed by atoms with Crippen LogP contribution in [0.1, 0.15) is 41.8 Å². The molecule has 0 saturated heterocycles. The summed E-state index contributed by atoms with van der Waals surface area (Å²) in [5.41, 5.74) is 3.54. The summed E-state index contributed by atoms with van der Waals surface area (Å²) < 4.78 is 5.58. The predicted molar refractivity (Wildman–Crippen MR) is 108 cm³/mol. The van der Waals surface area contributed by atoms with Crippen LogP contribution in [-0.2, 0) is 22.4 Å². The molecule has 2 atom stereocenters. The number of aromatic nitrogens is 1. The molecule has 138 valence electrons. The Labute approximate surface area is 162 Å². The van der Waals surface area contributed by atoms with Gasteiger partial charge in [-0.05, 0) is 44.6 Å². The highest BCUT2D eigenvalue weighted by Gasteiger charge is 2.29. The van der Waals surface area contributed by atoms with Crippen LogP contribution in [0.3, 0.4) is 0 Å². The number of carbonyl (C=O) groups is 1. The third-order valence-corrected chi connectivity index (χ3v) is 7.41. The molecular weight excluding hydrogens is 364 g/mol. The second-order valence-electron chi connectivity index (χ2n) is 7.07. The van der Waals surface area contributed by atoms with E-state index in [-0.39, 0.29) is 17.9 Å². The molecule has 4 nitrogen and oxygen atoms in total. The van der Waals surface area contributed by atoms with Gasteiger partial charge in [0, 0.05) is 41.0 Å². The number of amides is 1. The molecule has 2 aromatic heterocycles. The van der Waals surface area contributed by atoms with Crippen molar-refractivity contribution in [2.24, 2.45) is 5.92 Å². The summed E-state index contributed by atoms with van der Waals surface area (Å²) in [5, 5.41) is 7.33. The first-order valence-electron chi connectivity index (χ1n) is 9.21. The Morgan fingerprint density at radius 3 is 2.92 bits per heavy atom. The summed E-state index contributed by atoms with van der Waals surface area (Å²) in [7, 11) is 1.79. The average molecular weight is 389 g/mol. The molecule has 2 aromatic rings. The number of ether oxygens (including phenoxy) is 1. The van der Waals surface area contributed by atoms with Crippen molar-refractivity contribution >= 4 is 33.6 Å². The Bertz CT molecular complexity index is 837. The Morgan fingerprint density at radius 1 is 1.35 bits per heavy atom. The molecular formula is C20H24N2O2S2. The minimum absolute atomic E-state index is 0.0803. The summed E-state index contributed by atoms with van der Waals surface area (Å²) in [6, 6.07) is 0. The van der Waals surface area contributed by atoms with Gasteiger partial charge in [0.25, 0.3) is 0 Å². The number of aryl methyl sites for hydroxylation is 1. The smallest absolute Gasteiger partial charge is 0.228 e. The van der Waals surface area contributed by atoms with E-state index in [1.807, 2.05) is 6.92 Å². The van der Waals surface area contributed by atoms with Crippen molar-refractivity contribution in [3.8, 4) is 10.6 Å². The third kappa shape index (κ3) is 3.50. The van der Waals surface area contributed by atoms with E-state index < -0.39 is 0 Å². The molecule has 1 N–H and O–H groups in total. The molecule has 0 aliphatic heterocycles. The lowest BCUT2D eigenvalue weighted by atomic mass is 9.92. The minimum atomic E-state index is 0.0803. The van der Waals surface area contributed by atoms with Gasteiger partial charge in [-0.15, -0.1) is 22.7 Å². The zero-order chi connectivity index (χ0) is 18.1. The number of hydrogen-bond acceptors (Lipinski definition) is 5. The highest BCUT2D eigenvalue weighted by molar-refractivity contribution is 7.18. The second kappa shape index (κ2) is 7.62. The Balaban J connectivity index is 1.67. The number of carbonyl (C=O) groups excluding carboxylic acids is 1. The van der Waals surface area contributed by atoms with Crippen LogP contribution in [0.25, 0.3) is 10.6 Å². The van der Waals surface area contributed by atoms with Gasteiger partial charge in [0.2, 0.25) is 5.91 Å². The first kappa shape index (κ1) is 17.9. The van der Waals surface area contributed by atoms with Crippen molar-refractivity contribution in [3.63, 3.8) is 0 Å². The Kier molecular flexibility index (Phi) is 5.25. The standard InChI is InChI=1S/C20H24N2O2S2/c1-12-11-25-19(21-12)17-15-9-8-14(24-2)10-16(15)26-20(17)22-18(23)13-6-4-3-5-7-13/h3-4,11,13-14H,5-10H2,1-2H3,(H,22,23). The Morgan fingerprint density at radius 2 is 2.23 bits per heavy atom. The number of rotatable bonds is 4. The molecule has 1 amide bonds. The van der Waals surface area contributed by atoms with Crippen molar-refractivity contribution in [2.45, 2.75) is 51.6 Å². The van der Waals surface area contributed by atoms with E-state index in [0.29, 0.717) is 0 Å². The van der Waals surface area contributed by atoms with Crippen LogP contribution < -0.4 is 5.32 Å². The molecule has 26 heavy (non-hydrogen) atoms. The normalized spacial score (nSPS) is 22.2. The molecule has 0 fully saturated rings. The molecule has 2 unspecified atom stereocenters. The molecule has 0 radical (unpaired) electrons. The first-order valence-corrected chi connectivity index (χ1v) is 10.9. The van der Waals surface area contributed by atoms with Crippen LogP contribution in [0.15, 0.2) is 17.5 Å². The van der Waals surface area contributed by atoms with Gasteiger partial charge in [-0.2, -0.15) is 0 Å². The summed E-state index contributed by atoms with van der Waals surface area (Å²) in [5.74, 6) is 0.225. The van der Waals surface area contributed by atoms with Gasteiger partial charge >= 0.3 is 0 Å². The highest BCUT2D eigenvalue weighted by Crippen LogP contribution is 2.45. The van der Waals surface area contributed by atoms with Gasteiger partial charge in [0.1, 0.15) is 10.0 Å². The van der Waals surface area contributed by atoms with E-state index in [1.165, 1.54) is 10.4 Å². The van der Waals surface area contributed by atoms with Gasteiger partial charge in [0.05, 0.1) is 6.10 Å². The molecule has 0 spiro atoms. The second-order valence-corrected chi connectivity index (χ2v) is 9.04. The zero-order valence-electron chi connectivity index (χ0n) is 15.2. The van der Waals surface area contributed by atoms with Gasteiger partial charge < -0.3 is 10.1 Å². The molecule has 2 heterocycles. The lowest BCUT2D eigenvalue weighted by molar-refractivity contribution is -0.120. The number of thiazole rings is 1. The van der Waals surface area contributed by atoms with Crippen LogP contribution in [0.5, 0.6) is 0 Å². The summed E-state index contributed by atoms with van der Waals surface area (Å²) in [6.45, 7) is 2.02. The fourth-order valence-electron chi connectivity index (χ4n) is 3.79. The van der Waals surface area contributed by atoms with E-state index in [2.05, 4.69) is 22.8 Å². The van der Waals surface area contributed by atoms with Crippen LogP contribution in [0.4, 0.5) is 5.00 Å². The topological polar surface area (TPSA) is 51.2 Å². The third-order valence-electron chi connectivity index (χ3n) is 5.26. The molecule has 0 aromatic carbocycles. The minimum Gasteiger partial charge on any atom is -0.381 e. The highest BCUT2D eigenvalue weighted by atomic mass is 32.1. The molecule has 0 saturated carbocycles. The molecule has 6 heteroatoms. The zero-order valence-corrected chi connectivity index (χ0v) is 16.8. The van der Waals surface area contributed by atoms with E-state index in [9.17, 15) is 4.79 Å². The van der Waals surface area contributed by atoms with Gasteiger partial charge in [0.15, 0.2) is 0 Å². The molecule has 2 aliphatic rings. The summed E-state index contributed by atoms with van der Waals surface area (Å²) >= 11 is 3.38. The summed E-state index contributed by atoms with van der Waals surface area (Å²) in [6.07, 6.45) is 10.3. The fourth-order valence-corrected chi connectivity index (χ4v) is 6.04. The fraction of sp³-hybridized carbons (Fsp3) is 0.500. The van der Waals surface area contributed by atoms with Crippen molar-refractivity contribution in [3.05, 3.63) is 33.7 Å². The van der Waals surface area contributed by atoms with Crippen LogP contribution in [-0.4, -0.2) is 24.1 Å². The Hall–Kier alpha value is -1.50. The predicted octanol–water partition coefficient (Wildman–Crippen LogP) is 4.98.